The number of rotatable bonds is 8. The summed E-state index contributed by atoms with van der Waals surface area (Å²) in [6, 6.07) is 22.3. The van der Waals surface area contributed by atoms with Gasteiger partial charge >= 0.3 is 5.97 Å². The fraction of sp³-hybridized carbons (Fsp3) is 0.206. The van der Waals surface area contributed by atoms with Crippen molar-refractivity contribution in [3.05, 3.63) is 112 Å². The van der Waals surface area contributed by atoms with Gasteiger partial charge in [0.1, 0.15) is 11.6 Å². The number of nitrogens with two attached hydrogens (primary N) is 1. The Bertz CT molecular complexity index is 1750. The maximum atomic E-state index is 13.4. The van der Waals surface area contributed by atoms with E-state index in [0.717, 1.165) is 54.7 Å². The van der Waals surface area contributed by atoms with Crippen LogP contribution in [0.5, 0.6) is 5.75 Å². The van der Waals surface area contributed by atoms with Gasteiger partial charge < -0.3 is 25.8 Å². The zero-order valence-electron chi connectivity index (χ0n) is 23.4. The number of nitrogen functional groups attached to an aromatic ring is 1. The van der Waals surface area contributed by atoms with Crippen molar-refractivity contribution < 1.29 is 19.4 Å². The number of aryl methyl sites for hydroxylation is 2. The first kappa shape index (κ1) is 27.1. The standard InChI is InChI=1S/C34H32N4O4/c1-42-27-10-11-28(30(18-27)34(40)41)29-17-24(33(39)37-26-9-7-20-3-2-4-21(20)16-26)5-6-25(29)19-38-14-13-22-15-23(32(35)36)8-12-31(22)38/h5-12,15-18H,2-4,13-14,19H2,1H3,(H3,35,36)(H,37,39)(H,40,41). The van der Waals surface area contributed by atoms with Crippen LogP contribution in [0.15, 0.2) is 72.8 Å². The Hall–Kier alpha value is -5.11. The van der Waals surface area contributed by atoms with Crippen LogP contribution in [0.3, 0.4) is 0 Å². The molecule has 0 saturated heterocycles. The lowest BCUT2D eigenvalue weighted by Gasteiger charge is -2.23. The average Bonchev–Trinajstić information content (AvgIpc) is 3.63. The molecule has 6 rings (SSSR count). The summed E-state index contributed by atoms with van der Waals surface area (Å²) in [6.07, 6.45) is 4.03. The predicted molar refractivity (Wildman–Crippen MR) is 164 cm³/mol. The van der Waals surface area contributed by atoms with Gasteiger partial charge in [0.2, 0.25) is 0 Å². The fourth-order valence-corrected chi connectivity index (χ4v) is 6.03. The summed E-state index contributed by atoms with van der Waals surface area (Å²) >= 11 is 0. The van der Waals surface area contributed by atoms with Gasteiger partial charge in [0.15, 0.2) is 0 Å². The van der Waals surface area contributed by atoms with E-state index in [2.05, 4.69) is 16.3 Å². The van der Waals surface area contributed by atoms with E-state index in [0.29, 0.717) is 34.5 Å². The highest BCUT2D eigenvalue weighted by Gasteiger charge is 2.24. The number of nitrogens with one attached hydrogen (secondary N) is 2. The van der Waals surface area contributed by atoms with Gasteiger partial charge in [0, 0.05) is 35.6 Å². The van der Waals surface area contributed by atoms with Gasteiger partial charge in [-0.25, -0.2) is 4.79 Å². The van der Waals surface area contributed by atoms with E-state index in [9.17, 15) is 14.7 Å². The van der Waals surface area contributed by atoms with E-state index in [4.69, 9.17) is 15.9 Å². The Morgan fingerprint density at radius 3 is 2.50 bits per heavy atom. The molecular formula is C34H32N4O4. The van der Waals surface area contributed by atoms with Crippen molar-refractivity contribution in [1.82, 2.24) is 0 Å². The van der Waals surface area contributed by atoms with Crippen LogP contribution in [0.2, 0.25) is 0 Å². The quantitative estimate of drug-likeness (QED) is 0.163. The molecule has 1 amide bonds. The van der Waals surface area contributed by atoms with E-state index in [1.165, 1.54) is 24.3 Å². The third-order valence-corrected chi connectivity index (χ3v) is 8.22. The molecule has 0 atom stereocenters. The molecule has 8 heteroatoms. The Balaban J connectivity index is 1.37. The first-order valence-corrected chi connectivity index (χ1v) is 14.0. The minimum absolute atomic E-state index is 0.0352. The van der Waals surface area contributed by atoms with Gasteiger partial charge in [0.25, 0.3) is 5.91 Å². The number of methoxy groups -OCH3 is 1. The molecule has 0 aromatic heterocycles. The molecule has 0 unspecified atom stereocenters. The van der Waals surface area contributed by atoms with Crippen molar-refractivity contribution >= 4 is 29.1 Å². The summed E-state index contributed by atoms with van der Waals surface area (Å²) in [4.78, 5) is 28.0. The molecule has 42 heavy (non-hydrogen) atoms. The van der Waals surface area contributed by atoms with Crippen molar-refractivity contribution in [2.75, 3.05) is 23.9 Å². The second-order valence-corrected chi connectivity index (χ2v) is 10.8. The Kier molecular flexibility index (Phi) is 7.12. The van der Waals surface area contributed by atoms with Gasteiger partial charge in [-0.3, -0.25) is 10.2 Å². The summed E-state index contributed by atoms with van der Waals surface area (Å²) in [5.41, 5.74) is 14.5. The lowest BCUT2D eigenvalue weighted by Crippen LogP contribution is -2.21. The average molecular weight is 561 g/mol. The number of carbonyl (C=O) groups is 2. The summed E-state index contributed by atoms with van der Waals surface area (Å²) in [7, 11) is 1.50. The van der Waals surface area contributed by atoms with E-state index < -0.39 is 5.97 Å². The maximum Gasteiger partial charge on any atom is 0.336 e. The van der Waals surface area contributed by atoms with Crippen molar-refractivity contribution in [3.63, 3.8) is 0 Å². The molecule has 0 fully saturated rings. The van der Waals surface area contributed by atoms with Gasteiger partial charge in [0.05, 0.1) is 12.7 Å². The molecule has 0 radical (unpaired) electrons. The summed E-state index contributed by atoms with van der Waals surface area (Å²) < 4.78 is 5.30. The number of carboxylic acid groups (broad SMARTS) is 1. The molecule has 212 valence electrons. The van der Waals surface area contributed by atoms with Crippen LogP contribution in [0.25, 0.3) is 11.1 Å². The summed E-state index contributed by atoms with van der Waals surface area (Å²) in [6.45, 7) is 1.28. The lowest BCUT2D eigenvalue weighted by molar-refractivity contribution is 0.0697. The zero-order valence-corrected chi connectivity index (χ0v) is 23.4. The van der Waals surface area contributed by atoms with Crippen LogP contribution in [-0.4, -0.2) is 36.5 Å². The molecule has 4 aromatic rings. The number of amidine groups is 1. The topological polar surface area (TPSA) is 129 Å². The number of ether oxygens (including phenoxy) is 1. The van der Waals surface area contributed by atoms with E-state index in [1.54, 1.807) is 24.3 Å². The number of nitrogens with zero attached hydrogens (tertiary/aromatic N) is 1. The van der Waals surface area contributed by atoms with E-state index in [-0.39, 0.29) is 17.3 Å². The molecule has 4 aromatic carbocycles. The highest BCUT2D eigenvalue weighted by molar-refractivity contribution is 6.06. The number of hydrogen-bond acceptors (Lipinski definition) is 5. The van der Waals surface area contributed by atoms with Gasteiger partial charge in [-0.05, 0) is 120 Å². The van der Waals surface area contributed by atoms with Crippen molar-refractivity contribution in [2.45, 2.75) is 32.2 Å². The molecule has 1 heterocycles. The smallest absolute Gasteiger partial charge is 0.336 e. The normalized spacial score (nSPS) is 13.4. The number of amides is 1. The third-order valence-electron chi connectivity index (χ3n) is 8.22. The number of fused-ring (bicyclic) bond motifs is 2. The Labute approximate surface area is 244 Å². The van der Waals surface area contributed by atoms with Crippen molar-refractivity contribution in [2.24, 2.45) is 5.73 Å². The second kappa shape index (κ2) is 11.0. The highest BCUT2D eigenvalue weighted by Crippen LogP contribution is 2.35. The van der Waals surface area contributed by atoms with Crippen LogP contribution in [0.4, 0.5) is 11.4 Å². The van der Waals surface area contributed by atoms with Gasteiger partial charge in [-0.1, -0.05) is 12.1 Å². The van der Waals surface area contributed by atoms with Crippen molar-refractivity contribution in [3.8, 4) is 16.9 Å². The van der Waals surface area contributed by atoms with Crippen LogP contribution >= 0.6 is 0 Å². The second-order valence-electron chi connectivity index (χ2n) is 10.8. The number of anilines is 2. The van der Waals surface area contributed by atoms with Crippen LogP contribution in [-0.2, 0) is 25.8 Å². The van der Waals surface area contributed by atoms with Crippen LogP contribution in [0.1, 0.15) is 55.0 Å². The van der Waals surface area contributed by atoms with E-state index >= 15 is 0 Å². The number of aromatic carboxylic acids is 1. The van der Waals surface area contributed by atoms with Gasteiger partial charge in [-0.2, -0.15) is 0 Å². The molecule has 8 nitrogen and oxygen atoms in total. The first-order valence-electron chi connectivity index (χ1n) is 14.0. The van der Waals surface area contributed by atoms with Crippen molar-refractivity contribution in [1.29, 1.82) is 5.41 Å². The molecule has 0 bridgehead atoms. The minimum Gasteiger partial charge on any atom is -0.497 e. The lowest BCUT2D eigenvalue weighted by atomic mass is 9.92. The summed E-state index contributed by atoms with van der Waals surface area (Å²) in [5.74, 6) is -0.855. The number of hydrogen-bond donors (Lipinski definition) is 4. The van der Waals surface area contributed by atoms with E-state index in [1.807, 2.05) is 36.4 Å². The molecule has 0 spiro atoms. The minimum atomic E-state index is -1.08. The molecule has 5 N–H and O–H groups in total. The van der Waals surface area contributed by atoms with Crippen LogP contribution < -0.4 is 20.7 Å². The first-order chi connectivity index (χ1) is 20.3. The maximum absolute atomic E-state index is 13.4. The monoisotopic (exact) mass is 560 g/mol. The Morgan fingerprint density at radius 1 is 0.905 bits per heavy atom. The number of carboxylic acids is 1. The largest absolute Gasteiger partial charge is 0.497 e. The van der Waals surface area contributed by atoms with Gasteiger partial charge in [-0.15, -0.1) is 0 Å². The SMILES string of the molecule is COc1ccc(-c2cc(C(=O)Nc3ccc4c(c3)CCC4)ccc2CN2CCc3cc(C(=N)N)ccc32)c(C(=O)O)c1. The molecular weight excluding hydrogens is 528 g/mol. The number of carbonyl (C=O) groups excluding carboxylic acids is 1. The third kappa shape index (κ3) is 5.19. The predicted octanol–water partition coefficient (Wildman–Crippen LogP) is 5.65. The van der Waals surface area contributed by atoms with Crippen LogP contribution in [0, 0.1) is 5.41 Å². The zero-order chi connectivity index (χ0) is 29.4. The summed E-state index contributed by atoms with van der Waals surface area (Å²) in [5, 5.41) is 20.9. The highest BCUT2D eigenvalue weighted by atomic mass is 16.5. The Morgan fingerprint density at radius 2 is 1.71 bits per heavy atom. The number of benzene rings is 4. The molecule has 0 saturated carbocycles. The fourth-order valence-electron chi connectivity index (χ4n) is 6.03. The molecule has 2 aliphatic rings. The molecule has 1 aliphatic carbocycles. The molecule has 1 aliphatic heterocycles.